The van der Waals surface area contributed by atoms with Gasteiger partial charge in [0.2, 0.25) is 0 Å². The van der Waals surface area contributed by atoms with Crippen molar-refractivity contribution in [1.29, 1.82) is 0 Å². The van der Waals surface area contributed by atoms with Crippen LogP contribution in [0.2, 0.25) is 0 Å². The third-order valence-corrected chi connectivity index (χ3v) is 5.57. The minimum absolute atomic E-state index is 0.576. The summed E-state index contributed by atoms with van der Waals surface area (Å²) < 4.78 is 0. The van der Waals surface area contributed by atoms with E-state index in [1.807, 2.05) is 0 Å². The summed E-state index contributed by atoms with van der Waals surface area (Å²) >= 11 is 0. The van der Waals surface area contributed by atoms with Gasteiger partial charge in [0, 0.05) is 23.1 Å². The maximum atomic E-state index is 3.66. The molecule has 2 unspecified atom stereocenters. The van der Waals surface area contributed by atoms with Gasteiger partial charge in [0.05, 0.1) is 0 Å². The first-order valence-corrected chi connectivity index (χ1v) is 8.87. The lowest BCUT2D eigenvalue weighted by Gasteiger charge is -2.19. The number of allylic oxidation sites excluding steroid dienone is 2. The molecule has 0 saturated carbocycles. The highest BCUT2D eigenvalue weighted by atomic mass is 14.9. The van der Waals surface area contributed by atoms with Crippen molar-refractivity contribution in [1.82, 2.24) is 10.3 Å². The number of fused-ring (bicyclic) bond motifs is 1. The Bertz CT molecular complexity index is 689. The van der Waals surface area contributed by atoms with Gasteiger partial charge in [-0.1, -0.05) is 19.1 Å². The van der Waals surface area contributed by atoms with Gasteiger partial charge >= 0.3 is 0 Å². The molecule has 2 N–H and O–H groups in total. The topological polar surface area (TPSA) is 27.8 Å². The van der Waals surface area contributed by atoms with E-state index in [1.165, 1.54) is 67.1 Å². The first-order chi connectivity index (χ1) is 10.8. The Morgan fingerprint density at radius 3 is 2.91 bits per heavy atom. The minimum Gasteiger partial charge on any atom is -0.361 e. The van der Waals surface area contributed by atoms with Crippen LogP contribution in [0.1, 0.15) is 62.5 Å². The molecule has 0 amide bonds. The van der Waals surface area contributed by atoms with Crippen LogP contribution in [-0.4, -0.2) is 17.6 Å². The number of nitrogens with one attached hydrogen (secondary N) is 2. The van der Waals surface area contributed by atoms with E-state index >= 15 is 0 Å². The Hall–Kier alpha value is -1.54. The Labute approximate surface area is 133 Å². The predicted octanol–water partition coefficient (Wildman–Crippen LogP) is 4.98. The van der Waals surface area contributed by atoms with E-state index in [-0.39, 0.29) is 0 Å². The Balaban J connectivity index is 1.71. The minimum atomic E-state index is 0.576. The maximum Gasteiger partial charge on any atom is 0.0457 e. The Kier molecular flexibility index (Phi) is 3.79. The molecule has 1 aromatic heterocycles. The summed E-state index contributed by atoms with van der Waals surface area (Å²) in [6.07, 6.45) is 12.5. The average Bonchev–Trinajstić information content (AvgIpc) is 3.24. The van der Waals surface area contributed by atoms with Crippen molar-refractivity contribution in [3.8, 4) is 0 Å². The van der Waals surface area contributed by atoms with Gasteiger partial charge in [-0.2, -0.15) is 0 Å². The van der Waals surface area contributed by atoms with Gasteiger partial charge in [0.25, 0.3) is 0 Å². The molecule has 0 bridgehead atoms. The first kappa shape index (κ1) is 14.1. The van der Waals surface area contributed by atoms with Gasteiger partial charge in [0.15, 0.2) is 0 Å². The lowest BCUT2D eigenvalue weighted by atomic mass is 9.89. The highest BCUT2D eigenvalue weighted by Crippen LogP contribution is 2.34. The van der Waals surface area contributed by atoms with E-state index in [2.05, 4.69) is 47.7 Å². The molecule has 1 fully saturated rings. The number of aromatic amines is 1. The third-order valence-electron chi connectivity index (χ3n) is 5.57. The lowest BCUT2D eigenvalue weighted by Crippen LogP contribution is -2.27. The lowest BCUT2D eigenvalue weighted by molar-refractivity contribution is 0.520. The van der Waals surface area contributed by atoms with E-state index < -0.39 is 0 Å². The van der Waals surface area contributed by atoms with Crippen molar-refractivity contribution in [2.24, 2.45) is 0 Å². The second kappa shape index (κ2) is 5.92. The fourth-order valence-electron chi connectivity index (χ4n) is 4.17. The number of benzene rings is 1. The molecule has 22 heavy (non-hydrogen) atoms. The number of aromatic nitrogens is 1. The summed E-state index contributed by atoms with van der Waals surface area (Å²) in [7, 11) is 0. The summed E-state index contributed by atoms with van der Waals surface area (Å²) in [5, 5.41) is 5.08. The third kappa shape index (κ3) is 2.50. The molecule has 1 aromatic carbocycles. The van der Waals surface area contributed by atoms with Crippen molar-refractivity contribution < 1.29 is 0 Å². The zero-order chi connectivity index (χ0) is 14.9. The molecule has 2 nitrogen and oxygen atoms in total. The molecule has 1 saturated heterocycles. The number of H-pyrrole nitrogens is 1. The van der Waals surface area contributed by atoms with E-state index in [1.54, 1.807) is 5.57 Å². The molecule has 2 heteroatoms. The fraction of sp³-hybridized carbons (Fsp3) is 0.500. The van der Waals surface area contributed by atoms with Gasteiger partial charge < -0.3 is 10.3 Å². The van der Waals surface area contributed by atoms with Gasteiger partial charge in [0.1, 0.15) is 0 Å². The van der Waals surface area contributed by atoms with Crippen LogP contribution in [0.15, 0.2) is 30.5 Å². The Morgan fingerprint density at radius 1 is 1.18 bits per heavy atom. The quantitative estimate of drug-likeness (QED) is 0.821. The van der Waals surface area contributed by atoms with E-state index in [0.29, 0.717) is 12.0 Å². The molecule has 2 aliphatic rings. The predicted molar refractivity (Wildman–Crippen MR) is 94.2 cm³/mol. The average molecular weight is 294 g/mol. The monoisotopic (exact) mass is 294 g/mol. The van der Waals surface area contributed by atoms with Crippen LogP contribution in [0.25, 0.3) is 16.5 Å². The van der Waals surface area contributed by atoms with Crippen molar-refractivity contribution in [3.63, 3.8) is 0 Å². The van der Waals surface area contributed by atoms with Crippen LogP contribution in [0.4, 0.5) is 0 Å². The molecular weight excluding hydrogens is 268 g/mol. The summed E-state index contributed by atoms with van der Waals surface area (Å²) in [4.78, 5) is 3.48. The molecule has 2 atom stereocenters. The molecule has 2 heterocycles. The molecule has 0 spiro atoms. The second-order valence-electron chi connectivity index (χ2n) is 6.97. The van der Waals surface area contributed by atoms with Crippen LogP contribution in [0, 0.1) is 0 Å². The summed E-state index contributed by atoms with van der Waals surface area (Å²) in [5.74, 6) is 0.576. The molecule has 1 aliphatic heterocycles. The van der Waals surface area contributed by atoms with Crippen molar-refractivity contribution in [2.45, 2.75) is 57.4 Å². The highest BCUT2D eigenvalue weighted by Gasteiger charge is 2.24. The van der Waals surface area contributed by atoms with Crippen molar-refractivity contribution >= 4 is 16.5 Å². The molecule has 4 rings (SSSR count). The first-order valence-electron chi connectivity index (χ1n) is 8.87. The normalized spacial score (nSPS) is 23.7. The number of hydrogen-bond acceptors (Lipinski definition) is 1. The van der Waals surface area contributed by atoms with Crippen molar-refractivity contribution in [2.75, 3.05) is 6.54 Å². The van der Waals surface area contributed by atoms with E-state index in [0.717, 1.165) is 0 Å². The number of rotatable bonds is 3. The number of hydrogen-bond donors (Lipinski definition) is 2. The van der Waals surface area contributed by atoms with Crippen LogP contribution >= 0.6 is 0 Å². The Morgan fingerprint density at radius 2 is 2.14 bits per heavy atom. The van der Waals surface area contributed by atoms with Crippen LogP contribution in [-0.2, 0) is 0 Å². The largest absolute Gasteiger partial charge is 0.361 e. The van der Waals surface area contributed by atoms with Gasteiger partial charge in [-0.05, 0) is 79.8 Å². The SMILES string of the molecule is CC(c1c[nH]c2ccc(C3=CCCCC3)cc12)C1CCCN1. The second-order valence-corrected chi connectivity index (χ2v) is 6.97. The van der Waals surface area contributed by atoms with E-state index in [9.17, 15) is 0 Å². The molecule has 2 aromatic rings. The maximum absolute atomic E-state index is 3.66. The molecule has 1 aliphatic carbocycles. The van der Waals surface area contributed by atoms with Crippen LogP contribution < -0.4 is 5.32 Å². The summed E-state index contributed by atoms with van der Waals surface area (Å²) in [6, 6.07) is 7.61. The van der Waals surface area contributed by atoms with Crippen LogP contribution in [0.3, 0.4) is 0 Å². The van der Waals surface area contributed by atoms with Gasteiger partial charge in [-0.15, -0.1) is 0 Å². The van der Waals surface area contributed by atoms with Gasteiger partial charge in [-0.25, -0.2) is 0 Å². The van der Waals surface area contributed by atoms with Crippen LogP contribution in [0.5, 0.6) is 0 Å². The molecular formula is C20H26N2. The van der Waals surface area contributed by atoms with Crippen molar-refractivity contribution in [3.05, 3.63) is 41.6 Å². The summed E-state index contributed by atoms with van der Waals surface area (Å²) in [5.41, 5.74) is 5.74. The zero-order valence-corrected chi connectivity index (χ0v) is 13.5. The summed E-state index contributed by atoms with van der Waals surface area (Å²) in [6.45, 7) is 3.55. The van der Waals surface area contributed by atoms with Gasteiger partial charge in [-0.3, -0.25) is 0 Å². The molecule has 116 valence electrons. The standard InChI is InChI=1S/C20H26N2/c1-14(19-8-5-11-21-19)18-13-22-20-10-9-16(12-17(18)20)15-6-3-2-4-7-15/h6,9-10,12-14,19,21-22H,2-5,7-8,11H2,1H3. The highest BCUT2D eigenvalue weighted by molar-refractivity contribution is 5.87. The smallest absolute Gasteiger partial charge is 0.0457 e. The zero-order valence-electron chi connectivity index (χ0n) is 13.5. The molecule has 0 radical (unpaired) electrons. The van der Waals surface area contributed by atoms with E-state index in [4.69, 9.17) is 0 Å². The fourth-order valence-corrected chi connectivity index (χ4v) is 4.17.